The Morgan fingerprint density at radius 3 is 2.30 bits per heavy atom. The molecule has 23 heavy (non-hydrogen) atoms. The monoisotopic (exact) mass is 302 g/mol. The number of fused-ring (bicyclic) bond motifs is 1. The summed E-state index contributed by atoms with van der Waals surface area (Å²) in [5.74, 6) is 0.528. The Kier molecular flexibility index (Phi) is 3.20. The topological polar surface area (TPSA) is 68.5 Å². The normalized spacial score (nSPS) is 10.8. The van der Waals surface area contributed by atoms with Gasteiger partial charge in [-0.15, -0.1) is 5.10 Å². The van der Waals surface area contributed by atoms with E-state index in [0.29, 0.717) is 17.1 Å². The highest BCUT2D eigenvalue weighted by molar-refractivity contribution is 5.76. The highest BCUT2D eigenvalue weighted by Gasteiger charge is 2.13. The van der Waals surface area contributed by atoms with Crippen LogP contribution >= 0.6 is 0 Å². The van der Waals surface area contributed by atoms with Gasteiger partial charge in [-0.25, -0.2) is 4.98 Å². The SMILES string of the molecule is Cc1nc(Nc2ccccc2)nc2c1nnn2-c1ccccc1. The van der Waals surface area contributed by atoms with Gasteiger partial charge in [0.05, 0.1) is 11.4 Å². The first kappa shape index (κ1) is 13.4. The van der Waals surface area contributed by atoms with Gasteiger partial charge in [-0.1, -0.05) is 41.6 Å². The summed E-state index contributed by atoms with van der Waals surface area (Å²) in [6.07, 6.45) is 0. The van der Waals surface area contributed by atoms with Crippen molar-refractivity contribution in [2.24, 2.45) is 0 Å². The van der Waals surface area contributed by atoms with Crippen molar-refractivity contribution in [3.63, 3.8) is 0 Å². The van der Waals surface area contributed by atoms with E-state index >= 15 is 0 Å². The first-order chi connectivity index (χ1) is 11.3. The van der Waals surface area contributed by atoms with E-state index in [2.05, 4.69) is 25.6 Å². The molecular formula is C17H14N6. The molecule has 2 aromatic heterocycles. The second-order valence-corrected chi connectivity index (χ2v) is 5.13. The third-order valence-corrected chi connectivity index (χ3v) is 3.51. The maximum absolute atomic E-state index is 4.58. The van der Waals surface area contributed by atoms with Crippen molar-refractivity contribution in [3.05, 3.63) is 66.4 Å². The first-order valence-corrected chi connectivity index (χ1v) is 7.29. The van der Waals surface area contributed by atoms with Crippen LogP contribution in [0.4, 0.5) is 11.6 Å². The Morgan fingerprint density at radius 1 is 0.870 bits per heavy atom. The number of nitrogens with zero attached hydrogens (tertiary/aromatic N) is 5. The number of aryl methyl sites for hydroxylation is 1. The Bertz CT molecular complexity index is 947. The third kappa shape index (κ3) is 2.50. The highest BCUT2D eigenvalue weighted by atomic mass is 15.4. The van der Waals surface area contributed by atoms with Crippen LogP contribution in [0.15, 0.2) is 60.7 Å². The fourth-order valence-corrected chi connectivity index (χ4v) is 2.40. The van der Waals surface area contributed by atoms with Crippen LogP contribution in [0.25, 0.3) is 16.9 Å². The molecule has 0 fully saturated rings. The lowest BCUT2D eigenvalue weighted by Crippen LogP contribution is -2.02. The number of benzene rings is 2. The Labute approximate surface area is 132 Å². The summed E-state index contributed by atoms with van der Waals surface area (Å²) >= 11 is 0. The summed E-state index contributed by atoms with van der Waals surface area (Å²) in [4.78, 5) is 9.05. The first-order valence-electron chi connectivity index (χ1n) is 7.29. The molecule has 0 bridgehead atoms. The minimum absolute atomic E-state index is 0.528. The highest BCUT2D eigenvalue weighted by Crippen LogP contribution is 2.20. The summed E-state index contributed by atoms with van der Waals surface area (Å²) in [6.45, 7) is 1.91. The maximum atomic E-state index is 4.58. The predicted octanol–water partition coefficient (Wildman–Crippen LogP) is 3.26. The summed E-state index contributed by atoms with van der Waals surface area (Å²) in [5.41, 5.74) is 4.02. The van der Waals surface area contributed by atoms with Gasteiger partial charge in [0.2, 0.25) is 5.95 Å². The molecule has 4 aromatic rings. The van der Waals surface area contributed by atoms with Gasteiger partial charge in [0.15, 0.2) is 11.2 Å². The molecule has 4 rings (SSSR count). The second-order valence-electron chi connectivity index (χ2n) is 5.13. The molecule has 0 aliphatic carbocycles. The molecule has 112 valence electrons. The number of rotatable bonds is 3. The number of nitrogens with one attached hydrogen (secondary N) is 1. The Morgan fingerprint density at radius 2 is 1.57 bits per heavy atom. The molecule has 0 saturated heterocycles. The van der Waals surface area contributed by atoms with Gasteiger partial charge < -0.3 is 5.32 Å². The van der Waals surface area contributed by atoms with Gasteiger partial charge in [0.25, 0.3) is 0 Å². The van der Waals surface area contributed by atoms with E-state index in [4.69, 9.17) is 0 Å². The van der Waals surface area contributed by atoms with Crippen LogP contribution in [0.1, 0.15) is 5.69 Å². The number of aromatic nitrogens is 5. The largest absolute Gasteiger partial charge is 0.324 e. The van der Waals surface area contributed by atoms with Crippen molar-refractivity contribution < 1.29 is 0 Å². The summed E-state index contributed by atoms with van der Waals surface area (Å²) in [6, 6.07) is 19.6. The van der Waals surface area contributed by atoms with Crippen LogP contribution in [0, 0.1) is 6.92 Å². The molecular weight excluding hydrogens is 288 g/mol. The van der Waals surface area contributed by atoms with E-state index in [1.807, 2.05) is 67.6 Å². The van der Waals surface area contributed by atoms with E-state index in [9.17, 15) is 0 Å². The quantitative estimate of drug-likeness (QED) is 0.629. The zero-order valence-corrected chi connectivity index (χ0v) is 12.5. The maximum Gasteiger partial charge on any atom is 0.229 e. The van der Waals surface area contributed by atoms with Crippen LogP contribution in [-0.2, 0) is 0 Å². The lowest BCUT2D eigenvalue weighted by molar-refractivity contribution is 0.817. The molecule has 1 N–H and O–H groups in total. The van der Waals surface area contributed by atoms with Crippen LogP contribution in [0.5, 0.6) is 0 Å². The molecule has 6 nitrogen and oxygen atoms in total. The number of hydrogen-bond donors (Lipinski definition) is 1. The molecule has 0 spiro atoms. The van der Waals surface area contributed by atoms with Gasteiger partial charge in [-0.3, -0.25) is 0 Å². The molecule has 6 heteroatoms. The van der Waals surface area contributed by atoms with Crippen molar-refractivity contribution in [2.45, 2.75) is 6.92 Å². The van der Waals surface area contributed by atoms with Crippen molar-refractivity contribution in [3.8, 4) is 5.69 Å². The number of hydrogen-bond acceptors (Lipinski definition) is 5. The lowest BCUT2D eigenvalue weighted by atomic mass is 10.3. The Hall–Kier alpha value is -3.28. The zero-order valence-electron chi connectivity index (χ0n) is 12.5. The Balaban J connectivity index is 1.82. The fourth-order valence-electron chi connectivity index (χ4n) is 2.40. The molecule has 2 heterocycles. The molecule has 2 aromatic carbocycles. The molecule has 0 unspecified atom stereocenters. The minimum Gasteiger partial charge on any atom is -0.324 e. The number of para-hydroxylation sites is 2. The summed E-state index contributed by atoms with van der Waals surface area (Å²) in [5, 5.41) is 11.6. The van der Waals surface area contributed by atoms with E-state index in [-0.39, 0.29) is 0 Å². The molecule has 0 aliphatic heterocycles. The fraction of sp³-hybridized carbons (Fsp3) is 0.0588. The van der Waals surface area contributed by atoms with Gasteiger partial charge in [0, 0.05) is 5.69 Å². The van der Waals surface area contributed by atoms with Crippen molar-refractivity contribution in [2.75, 3.05) is 5.32 Å². The lowest BCUT2D eigenvalue weighted by Gasteiger charge is -2.06. The average Bonchev–Trinajstić information content (AvgIpc) is 3.01. The minimum atomic E-state index is 0.528. The van der Waals surface area contributed by atoms with Gasteiger partial charge in [-0.05, 0) is 31.2 Å². The van der Waals surface area contributed by atoms with E-state index < -0.39 is 0 Å². The van der Waals surface area contributed by atoms with E-state index in [1.54, 1.807) is 4.68 Å². The average molecular weight is 302 g/mol. The molecule has 0 radical (unpaired) electrons. The summed E-state index contributed by atoms with van der Waals surface area (Å²) < 4.78 is 1.72. The smallest absolute Gasteiger partial charge is 0.229 e. The van der Waals surface area contributed by atoms with Crippen LogP contribution in [0.2, 0.25) is 0 Å². The van der Waals surface area contributed by atoms with Crippen LogP contribution < -0.4 is 5.32 Å². The third-order valence-electron chi connectivity index (χ3n) is 3.51. The van der Waals surface area contributed by atoms with Crippen LogP contribution in [0.3, 0.4) is 0 Å². The van der Waals surface area contributed by atoms with Crippen molar-refractivity contribution in [1.82, 2.24) is 25.0 Å². The van der Waals surface area contributed by atoms with Crippen molar-refractivity contribution >= 4 is 22.8 Å². The van der Waals surface area contributed by atoms with E-state index in [1.165, 1.54) is 0 Å². The van der Waals surface area contributed by atoms with Gasteiger partial charge >= 0.3 is 0 Å². The molecule has 0 amide bonds. The molecule has 0 aliphatic rings. The van der Waals surface area contributed by atoms with E-state index in [0.717, 1.165) is 17.1 Å². The molecule has 0 saturated carbocycles. The van der Waals surface area contributed by atoms with Gasteiger partial charge in [-0.2, -0.15) is 9.67 Å². The molecule has 0 atom stereocenters. The number of anilines is 2. The zero-order chi connectivity index (χ0) is 15.6. The predicted molar refractivity (Wildman–Crippen MR) is 88.9 cm³/mol. The second kappa shape index (κ2) is 5.49. The van der Waals surface area contributed by atoms with Crippen molar-refractivity contribution in [1.29, 1.82) is 0 Å². The standard InChI is InChI=1S/C17H14N6/c1-12-15-16(23(22-21-15)14-10-6-3-7-11-14)20-17(18-12)19-13-8-4-2-5-9-13/h2-11H,1H3,(H,18,19,20). The summed E-state index contributed by atoms with van der Waals surface area (Å²) in [7, 11) is 0. The van der Waals surface area contributed by atoms with Gasteiger partial charge in [0.1, 0.15) is 0 Å². The van der Waals surface area contributed by atoms with Crippen LogP contribution in [-0.4, -0.2) is 25.0 Å².